The summed E-state index contributed by atoms with van der Waals surface area (Å²) < 4.78 is 27.6. The summed E-state index contributed by atoms with van der Waals surface area (Å²) in [7, 11) is -3.83. The zero-order valence-electron chi connectivity index (χ0n) is 10.5. The fourth-order valence-electron chi connectivity index (χ4n) is 1.75. The van der Waals surface area contributed by atoms with Crippen LogP contribution in [0, 0.1) is 6.92 Å². The lowest BCUT2D eigenvalue weighted by Crippen LogP contribution is -2.12. The lowest BCUT2D eigenvalue weighted by Gasteiger charge is -2.02. The summed E-state index contributed by atoms with van der Waals surface area (Å²) in [6.45, 7) is 1.53. The Balaban J connectivity index is 2.01. The van der Waals surface area contributed by atoms with Crippen molar-refractivity contribution in [3.8, 4) is 0 Å². The van der Waals surface area contributed by atoms with E-state index in [1.165, 1.54) is 18.3 Å². The number of nitrogens with one attached hydrogen (secondary N) is 2. The van der Waals surface area contributed by atoms with Crippen molar-refractivity contribution < 1.29 is 8.42 Å². The van der Waals surface area contributed by atoms with Crippen molar-refractivity contribution in [2.45, 2.75) is 11.1 Å². The van der Waals surface area contributed by atoms with Crippen molar-refractivity contribution in [1.29, 1.82) is 0 Å². The van der Waals surface area contributed by atoms with Crippen molar-refractivity contribution in [3.05, 3.63) is 38.6 Å². The Kier molecular flexibility index (Phi) is 3.52. The van der Waals surface area contributed by atoms with Crippen LogP contribution >= 0.6 is 34.3 Å². The number of hydrogen-bond acceptors (Lipinski definition) is 6. The van der Waals surface area contributed by atoms with Gasteiger partial charge < -0.3 is 4.98 Å². The zero-order valence-corrected chi connectivity index (χ0v) is 13.7. The van der Waals surface area contributed by atoms with E-state index in [9.17, 15) is 13.2 Å². The summed E-state index contributed by atoms with van der Waals surface area (Å²) >= 11 is 7.70. The van der Waals surface area contributed by atoms with Crippen LogP contribution < -0.4 is 9.60 Å². The van der Waals surface area contributed by atoms with E-state index in [1.54, 1.807) is 18.2 Å². The molecule has 6 nitrogen and oxygen atoms in total. The molecule has 21 heavy (non-hydrogen) atoms. The fourth-order valence-corrected chi connectivity index (χ4v) is 5.43. The van der Waals surface area contributed by atoms with Gasteiger partial charge in [-0.15, -0.1) is 0 Å². The smallest absolute Gasteiger partial charge is 0.306 e. The largest absolute Gasteiger partial charge is 0.315 e. The van der Waals surface area contributed by atoms with E-state index in [-0.39, 0.29) is 9.34 Å². The van der Waals surface area contributed by atoms with Gasteiger partial charge in [0.15, 0.2) is 9.34 Å². The van der Waals surface area contributed by atoms with Gasteiger partial charge in [-0.25, -0.2) is 13.4 Å². The molecule has 0 bridgehead atoms. The van der Waals surface area contributed by atoms with Crippen molar-refractivity contribution in [1.82, 2.24) is 9.97 Å². The zero-order chi connectivity index (χ0) is 15.2. The van der Waals surface area contributed by atoms with Crippen LogP contribution in [0.4, 0.5) is 5.13 Å². The maximum Gasteiger partial charge on any atom is 0.306 e. The number of sulfonamides is 1. The second-order valence-corrected chi connectivity index (χ2v) is 8.49. The van der Waals surface area contributed by atoms with Crippen LogP contribution in [0.1, 0.15) is 5.69 Å². The van der Waals surface area contributed by atoms with E-state index in [0.29, 0.717) is 27.6 Å². The van der Waals surface area contributed by atoms with Crippen molar-refractivity contribution in [3.63, 3.8) is 0 Å². The van der Waals surface area contributed by atoms with Crippen molar-refractivity contribution in [2.24, 2.45) is 0 Å². The predicted octanol–water partition coefficient (Wildman–Crippen LogP) is 2.81. The molecule has 3 rings (SSSR count). The number of fused-ring (bicyclic) bond motifs is 1. The molecule has 3 aromatic rings. The van der Waals surface area contributed by atoms with E-state index < -0.39 is 14.9 Å². The highest BCUT2D eigenvalue weighted by Gasteiger charge is 2.22. The SMILES string of the molecule is Cc1[nH]c(=O)sc1S(=O)(=O)Nc1nc2ccc(Cl)cc2s1. The van der Waals surface area contributed by atoms with Gasteiger partial charge in [0, 0.05) is 10.7 Å². The molecule has 0 aliphatic rings. The molecule has 0 saturated heterocycles. The topological polar surface area (TPSA) is 91.9 Å². The summed E-state index contributed by atoms with van der Waals surface area (Å²) in [5.74, 6) is 0. The summed E-state index contributed by atoms with van der Waals surface area (Å²) in [6, 6.07) is 5.11. The number of hydrogen-bond donors (Lipinski definition) is 2. The molecule has 0 aliphatic heterocycles. The predicted molar refractivity (Wildman–Crippen MR) is 85.1 cm³/mol. The Labute approximate surface area is 132 Å². The van der Waals surface area contributed by atoms with E-state index in [1.807, 2.05) is 0 Å². The number of halogens is 1. The van der Waals surface area contributed by atoms with Gasteiger partial charge in [0.05, 0.1) is 10.2 Å². The second kappa shape index (κ2) is 5.09. The Bertz CT molecular complexity index is 987. The van der Waals surface area contributed by atoms with Gasteiger partial charge in [-0.2, -0.15) is 0 Å². The molecule has 0 radical (unpaired) electrons. The highest BCUT2D eigenvalue weighted by molar-refractivity contribution is 7.94. The van der Waals surface area contributed by atoms with E-state index >= 15 is 0 Å². The molecule has 0 unspecified atom stereocenters. The Morgan fingerprint density at radius 1 is 1.33 bits per heavy atom. The van der Waals surface area contributed by atoms with Crippen LogP contribution in [0.5, 0.6) is 0 Å². The molecule has 0 aliphatic carbocycles. The van der Waals surface area contributed by atoms with E-state index in [4.69, 9.17) is 11.6 Å². The van der Waals surface area contributed by atoms with Crippen LogP contribution in [0.2, 0.25) is 5.02 Å². The first-order valence-corrected chi connectivity index (χ1v) is 9.13. The van der Waals surface area contributed by atoms with Crippen molar-refractivity contribution >= 4 is 59.6 Å². The number of anilines is 1. The van der Waals surface area contributed by atoms with Crippen molar-refractivity contribution in [2.75, 3.05) is 4.72 Å². The molecule has 0 atom stereocenters. The quantitative estimate of drug-likeness (QED) is 0.750. The van der Waals surface area contributed by atoms with E-state index in [0.717, 1.165) is 4.70 Å². The highest BCUT2D eigenvalue weighted by Crippen LogP contribution is 2.30. The van der Waals surface area contributed by atoms with Gasteiger partial charge in [-0.1, -0.05) is 34.3 Å². The molecule has 2 N–H and O–H groups in total. The van der Waals surface area contributed by atoms with Gasteiger partial charge in [0.1, 0.15) is 0 Å². The molecule has 2 heterocycles. The number of aromatic amines is 1. The molecule has 0 amide bonds. The maximum atomic E-state index is 12.3. The van der Waals surface area contributed by atoms with Gasteiger partial charge in [0.2, 0.25) is 0 Å². The average Bonchev–Trinajstić information content (AvgIpc) is 2.91. The van der Waals surface area contributed by atoms with Crippen LogP contribution in [0.15, 0.2) is 27.2 Å². The summed E-state index contributed by atoms with van der Waals surface area (Å²) in [5.41, 5.74) is 0.961. The first kappa shape index (κ1) is 14.5. The fraction of sp³-hybridized carbons (Fsp3) is 0.0909. The minimum Gasteiger partial charge on any atom is -0.315 e. The van der Waals surface area contributed by atoms with E-state index in [2.05, 4.69) is 14.7 Å². The maximum absolute atomic E-state index is 12.3. The number of benzene rings is 1. The number of H-pyrrole nitrogens is 1. The Morgan fingerprint density at radius 3 is 2.76 bits per heavy atom. The normalized spacial score (nSPS) is 11.9. The number of rotatable bonds is 3. The van der Waals surface area contributed by atoms with Gasteiger partial charge in [-0.05, 0) is 25.1 Å². The first-order chi connectivity index (χ1) is 9.85. The lowest BCUT2D eigenvalue weighted by molar-refractivity contribution is 0.602. The number of aromatic nitrogens is 2. The number of thiazole rings is 2. The number of nitrogens with zero attached hydrogens (tertiary/aromatic N) is 1. The van der Waals surface area contributed by atoms with Gasteiger partial charge >= 0.3 is 4.87 Å². The molecule has 2 aromatic heterocycles. The molecule has 1 aromatic carbocycles. The molecule has 10 heteroatoms. The van der Waals surface area contributed by atoms with Crippen LogP contribution in [0.25, 0.3) is 10.2 Å². The van der Waals surface area contributed by atoms with Crippen LogP contribution in [0.3, 0.4) is 0 Å². The van der Waals surface area contributed by atoms with Crippen LogP contribution in [-0.2, 0) is 10.0 Å². The molecule has 0 spiro atoms. The molecule has 0 fully saturated rings. The third-order valence-corrected chi connectivity index (χ3v) is 6.84. The molecule has 110 valence electrons. The monoisotopic (exact) mass is 361 g/mol. The minimum atomic E-state index is -3.83. The highest BCUT2D eigenvalue weighted by atomic mass is 35.5. The minimum absolute atomic E-state index is 0.0372. The summed E-state index contributed by atoms with van der Waals surface area (Å²) in [4.78, 5) is 17.4. The lowest BCUT2D eigenvalue weighted by atomic mass is 10.3. The first-order valence-electron chi connectivity index (χ1n) is 5.64. The summed E-state index contributed by atoms with van der Waals surface area (Å²) in [5, 5.41) is 0.785. The second-order valence-electron chi connectivity index (χ2n) is 4.16. The molecular weight excluding hydrogens is 354 g/mol. The molecular formula is C11H8ClN3O3S3. The van der Waals surface area contributed by atoms with Crippen LogP contribution in [-0.4, -0.2) is 18.4 Å². The molecule has 0 saturated carbocycles. The summed E-state index contributed by atoms with van der Waals surface area (Å²) in [6.07, 6.45) is 0. The third-order valence-electron chi connectivity index (χ3n) is 2.60. The van der Waals surface area contributed by atoms with Gasteiger partial charge in [0.25, 0.3) is 10.0 Å². The average molecular weight is 362 g/mol. The number of aryl methyl sites for hydroxylation is 1. The van der Waals surface area contributed by atoms with Gasteiger partial charge in [-0.3, -0.25) is 9.52 Å². The Hall–Kier alpha value is -1.42. The standard InChI is InChI=1S/C11H8ClN3O3S3/c1-5-9(20-11(16)13-5)21(17,18)15-10-14-7-3-2-6(12)4-8(7)19-10/h2-4H,1H3,(H,13,16)(H,14,15). The Morgan fingerprint density at radius 2 is 2.10 bits per heavy atom. The third kappa shape index (κ3) is 2.82.